The van der Waals surface area contributed by atoms with Gasteiger partial charge in [0.1, 0.15) is 0 Å². The van der Waals surface area contributed by atoms with Gasteiger partial charge in [-0.05, 0) is 31.5 Å². The van der Waals surface area contributed by atoms with E-state index < -0.39 is 7.60 Å². The zero-order valence-electron chi connectivity index (χ0n) is 9.55. The Labute approximate surface area is 102 Å². The van der Waals surface area contributed by atoms with Crippen LogP contribution in [-0.4, -0.2) is 13.2 Å². The Morgan fingerprint density at radius 3 is 2.06 bits per heavy atom. The molecule has 1 aromatic carbocycles. The van der Waals surface area contributed by atoms with Gasteiger partial charge in [0.05, 0.1) is 19.4 Å². The lowest BCUT2D eigenvalue weighted by molar-refractivity contribution is 0.219. The van der Waals surface area contributed by atoms with Crippen molar-refractivity contribution in [1.29, 1.82) is 0 Å². The first kappa shape index (κ1) is 13.8. The van der Waals surface area contributed by atoms with Crippen LogP contribution < -0.4 is 0 Å². The standard InChI is InChI=1S/C11H17O3PS/c1-3-13-15(12,14-4-2)9-10-5-7-11(16)8-6-10/h5-8,16H,3-4,9H2,1-2H3. The van der Waals surface area contributed by atoms with Crippen molar-refractivity contribution in [2.24, 2.45) is 0 Å². The van der Waals surface area contributed by atoms with Gasteiger partial charge >= 0.3 is 7.60 Å². The van der Waals surface area contributed by atoms with E-state index in [1.165, 1.54) is 0 Å². The van der Waals surface area contributed by atoms with Gasteiger partial charge in [0, 0.05) is 4.90 Å². The van der Waals surface area contributed by atoms with Crippen molar-refractivity contribution in [3.63, 3.8) is 0 Å². The first-order valence-corrected chi connectivity index (χ1v) is 7.43. The van der Waals surface area contributed by atoms with E-state index in [9.17, 15) is 4.57 Å². The van der Waals surface area contributed by atoms with Crippen molar-refractivity contribution in [3.05, 3.63) is 29.8 Å². The molecule has 0 radical (unpaired) electrons. The lowest BCUT2D eigenvalue weighted by Crippen LogP contribution is -1.98. The predicted molar refractivity (Wildman–Crippen MR) is 68.3 cm³/mol. The maximum atomic E-state index is 12.2. The predicted octanol–water partition coefficient (Wildman–Crippen LogP) is 3.74. The van der Waals surface area contributed by atoms with Crippen LogP contribution in [0.15, 0.2) is 29.2 Å². The monoisotopic (exact) mass is 260 g/mol. The summed E-state index contributed by atoms with van der Waals surface area (Å²) in [5.74, 6) is 0. The third kappa shape index (κ3) is 4.30. The quantitative estimate of drug-likeness (QED) is 0.625. The largest absolute Gasteiger partial charge is 0.335 e. The van der Waals surface area contributed by atoms with Crippen LogP contribution in [0.25, 0.3) is 0 Å². The van der Waals surface area contributed by atoms with Crippen LogP contribution in [0, 0.1) is 0 Å². The minimum absolute atomic E-state index is 0.308. The molecule has 0 fully saturated rings. The van der Waals surface area contributed by atoms with Gasteiger partial charge in [-0.25, -0.2) is 0 Å². The van der Waals surface area contributed by atoms with E-state index in [0.717, 1.165) is 10.5 Å². The molecule has 1 rings (SSSR count). The third-order valence-electron chi connectivity index (χ3n) is 1.96. The van der Waals surface area contributed by atoms with Gasteiger partial charge in [-0.15, -0.1) is 12.6 Å². The fourth-order valence-corrected chi connectivity index (χ4v) is 3.20. The van der Waals surface area contributed by atoms with Gasteiger partial charge in [-0.3, -0.25) is 4.57 Å². The van der Waals surface area contributed by atoms with E-state index in [-0.39, 0.29) is 0 Å². The molecule has 0 aliphatic heterocycles. The van der Waals surface area contributed by atoms with Gasteiger partial charge in [0.15, 0.2) is 0 Å². The van der Waals surface area contributed by atoms with Crippen LogP contribution in [0.2, 0.25) is 0 Å². The first-order valence-electron chi connectivity index (χ1n) is 5.25. The second-order valence-corrected chi connectivity index (χ2v) is 5.84. The fourth-order valence-electron chi connectivity index (χ4n) is 1.35. The third-order valence-corrected chi connectivity index (χ3v) is 4.32. The summed E-state index contributed by atoms with van der Waals surface area (Å²) in [4.78, 5) is 0.881. The maximum Gasteiger partial charge on any atom is 0.335 e. The van der Waals surface area contributed by atoms with E-state index in [0.29, 0.717) is 19.4 Å². The molecule has 0 aliphatic carbocycles. The number of rotatable bonds is 6. The summed E-state index contributed by atoms with van der Waals surface area (Å²) in [6.07, 6.45) is 0.308. The highest BCUT2D eigenvalue weighted by Crippen LogP contribution is 2.51. The molecule has 0 bridgehead atoms. The molecule has 0 amide bonds. The van der Waals surface area contributed by atoms with E-state index in [2.05, 4.69) is 12.6 Å². The SMILES string of the molecule is CCOP(=O)(Cc1ccc(S)cc1)OCC. The topological polar surface area (TPSA) is 35.5 Å². The summed E-state index contributed by atoms with van der Waals surface area (Å²) < 4.78 is 22.6. The molecular weight excluding hydrogens is 243 g/mol. The van der Waals surface area contributed by atoms with Crippen LogP contribution in [0.1, 0.15) is 19.4 Å². The van der Waals surface area contributed by atoms with Crippen molar-refractivity contribution in [3.8, 4) is 0 Å². The molecule has 0 heterocycles. The molecule has 1 aromatic rings. The molecule has 3 nitrogen and oxygen atoms in total. The van der Waals surface area contributed by atoms with Crippen LogP contribution in [0.4, 0.5) is 0 Å². The minimum Gasteiger partial charge on any atom is -0.309 e. The Morgan fingerprint density at radius 1 is 1.12 bits per heavy atom. The van der Waals surface area contributed by atoms with E-state index >= 15 is 0 Å². The molecule has 90 valence electrons. The average molecular weight is 260 g/mol. The molecule has 0 spiro atoms. The van der Waals surface area contributed by atoms with Crippen molar-refractivity contribution >= 4 is 20.2 Å². The molecule has 0 atom stereocenters. The summed E-state index contributed by atoms with van der Waals surface area (Å²) in [6.45, 7) is 4.40. The number of thiol groups is 1. The van der Waals surface area contributed by atoms with E-state index in [1.807, 2.05) is 38.1 Å². The highest BCUT2D eigenvalue weighted by molar-refractivity contribution is 7.80. The molecule has 0 aromatic heterocycles. The van der Waals surface area contributed by atoms with Crippen LogP contribution in [0.5, 0.6) is 0 Å². The van der Waals surface area contributed by atoms with E-state index in [1.54, 1.807) is 0 Å². The second kappa shape index (κ2) is 6.45. The van der Waals surface area contributed by atoms with Gasteiger partial charge in [-0.1, -0.05) is 12.1 Å². The minimum atomic E-state index is -2.98. The van der Waals surface area contributed by atoms with Gasteiger partial charge in [-0.2, -0.15) is 0 Å². The zero-order chi connectivity index (χ0) is 12.0. The highest BCUT2D eigenvalue weighted by atomic mass is 32.1. The Morgan fingerprint density at radius 2 is 1.62 bits per heavy atom. The first-order chi connectivity index (χ1) is 7.59. The Hall–Kier alpha value is -0.280. The zero-order valence-corrected chi connectivity index (χ0v) is 11.3. The summed E-state index contributed by atoms with van der Waals surface area (Å²) >= 11 is 4.19. The van der Waals surface area contributed by atoms with Gasteiger partial charge < -0.3 is 9.05 Å². The second-order valence-electron chi connectivity index (χ2n) is 3.27. The molecule has 0 saturated carbocycles. The molecule has 0 saturated heterocycles. The van der Waals surface area contributed by atoms with Crippen LogP contribution in [0.3, 0.4) is 0 Å². The van der Waals surface area contributed by atoms with Gasteiger partial charge in [0.2, 0.25) is 0 Å². The van der Waals surface area contributed by atoms with Crippen LogP contribution >= 0.6 is 20.2 Å². The number of hydrogen-bond donors (Lipinski definition) is 1. The summed E-state index contributed by atoms with van der Waals surface area (Å²) in [5, 5.41) is 0. The molecule has 0 aliphatic rings. The van der Waals surface area contributed by atoms with Crippen LogP contribution in [-0.2, 0) is 19.8 Å². The Balaban J connectivity index is 2.75. The molecule has 0 N–H and O–H groups in total. The number of benzene rings is 1. The Kier molecular flexibility index (Phi) is 5.56. The lowest BCUT2D eigenvalue weighted by atomic mass is 10.2. The molecular formula is C11H17O3PS. The van der Waals surface area contributed by atoms with Gasteiger partial charge in [0.25, 0.3) is 0 Å². The summed E-state index contributed by atoms with van der Waals surface area (Å²) in [7, 11) is -2.98. The van der Waals surface area contributed by atoms with Crippen molar-refractivity contribution in [2.75, 3.05) is 13.2 Å². The highest BCUT2D eigenvalue weighted by Gasteiger charge is 2.23. The molecule has 16 heavy (non-hydrogen) atoms. The maximum absolute atomic E-state index is 12.2. The summed E-state index contributed by atoms with van der Waals surface area (Å²) in [6, 6.07) is 7.49. The normalized spacial score (nSPS) is 11.7. The fraction of sp³-hybridized carbons (Fsp3) is 0.455. The molecule has 0 unspecified atom stereocenters. The summed E-state index contributed by atoms with van der Waals surface area (Å²) in [5.41, 5.74) is 0.933. The molecule has 5 heteroatoms. The number of hydrogen-bond acceptors (Lipinski definition) is 4. The van der Waals surface area contributed by atoms with Crippen molar-refractivity contribution in [2.45, 2.75) is 24.9 Å². The smallest absolute Gasteiger partial charge is 0.309 e. The average Bonchev–Trinajstić information content (AvgIpc) is 2.22. The van der Waals surface area contributed by atoms with Crippen molar-refractivity contribution < 1.29 is 13.6 Å². The van der Waals surface area contributed by atoms with E-state index in [4.69, 9.17) is 9.05 Å². The van der Waals surface area contributed by atoms with Crippen molar-refractivity contribution in [1.82, 2.24) is 0 Å². The lowest BCUT2D eigenvalue weighted by Gasteiger charge is -2.16. The Bertz CT molecular complexity index is 354.